The number of allylic oxidation sites excluding steroid dienone is 1. The predicted molar refractivity (Wildman–Crippen MR) is 93.7 cm³/mol. The monoisotopic (exact) mass is 346 g/mol. The molecule has 25 heavy (non-hydrogen) atoms. The summed E-state index contributed by atoms with van der Waals surface area (Å²) in [7, 11) is 0. The van der Waals surface area contributed by atoms with Crippen molar-refractivity contribution in [2.45, 2.75) is 77.9 Å². The van der Waals surface area contributed by atoms with E-state index < -0.39 is 0 Å². The quantitative estimate of drug-likeness (QED) is 0.584. The van der Waals surface area contributed by atoms with Gasteiger partial charge in [0.1, 0.15) is 11.9 Å². The summed E-state index contributed by atoms with van der Waals surface area (Å²) in [5.41, 5.74) is 0.990. The maximum Gasteiger partial charge on any atom is 0.302 e. The van der Waals surface area contributed by atoms with Gasteiger partial charge in [-0.2, -0.15) is 0 Å². The van der Waals surface area contributed by atoms with Crippen molar-refractivity contribution in [2.75, 3.05) is 0 Å². The summed E-state index contributed by atoms with van der Waals surface area (Å²) in [5.74, 6) is 1.18. The van der Waals surface area contributed by atoms with Crippen LogP contribution in [0.3, 0.4) is 0 Å². The number of carbonyl (C=O) groups excluding carboxylic acids is 2. The third-order valence-electron chi connectivity index (χ3n) is 8.02. The van der Waals surface area contributed by atoms with Gasteiger partial charge in [0.2, 0.25) is 0 Å². The van der Waals surface area contributed by atoms with E-state index >= 15 is 0 Å². The Labute approximate surface area is 150 Å². The highest BCUT2D eigenvalue weighted by molar-refractivity contribution is 5.87. The van der Waals surface area contributed by atoms with Crippen molar-refractivity contribution in [3.63, 3.8) is 0 Å². The molecule has 0 amide bonds. The Morgan fingerprint density at radius 2 is 2.04 bits per heavy atom. The molecule has 3 saturated carbocycles. The third kappa shape index (κ3) is 2.43. The Kier molecular flexibility index (Phi) is 3.91. The molecule has 3 unspecified atom stereocenters. The van der Waals surface area contributed by atoms with Gasteiger partial charge in [-0.05, 0) is 55.8 Å². The van der Waals surface area contributed by atoms with Crippen LogP contribution in [-0.2, 0) is 14.3 Å². The molecule has 0 spiro atoms. The van der Waals surface area contributed by atoms with Crippen LogP contribution in [0.1, 0.15) is 65.7 Å². The van der Waals surface area contributed by atoms with E-state index in [0.717, 1.165) is 32.1 Å². The van der Waals surface area contributed by atoms with E-state index in [1.807, 2.05) is 0 Å². The highest BCUT2D eigenvalue weighted by Gasteiger charge is 2.62. The summed E-state index contributed by atoms with van der Waals surface area (Å²) in [6, 6.07) is 0. The molecule has 7 atom stereocenters. The first-order valence-corrected chi connectivity index (χ1v) is 9.84. The van der Waals surface area contributed by atoms with E-state index in [-0.39, 0.29) is 34.9 Å². The van der Waals surface area contributed by atoms with Crippen molar-refractivity contribution in [2.24, 2.45) is 28.6 Å². The number of rotatable bonds is 1. The molecule has 0 radical (unpaired) electrons. The Hall–Kier alpha value is -1.16. The molecule has 3 fully saturated rings. The largest absolute Gasteiger partial charge is 0.462 e. The number of ether oxygens (including phenoxy) is 1. The Bertz CT molecular complexity index is 638. The fraction of sp³-hybridized carbons (Fsp3) is 0.810. The molecule has 4 nitrogen and oxygen atoms in total. The van der Waals surface area contributed by atoms with Crippen LogP contribution in [0.5, 0.6) is 0 Å². The average molecular weight is 346 g/mol. The Morgan fingerprint density at radius 3 is 2.76 bits per heavy atom. The number of Topliss-reactive ketones (excluding diaryl/α,β-unsaturated/α-hetero) is 1. The van der Waals surface area contributed by atoms with Crippen LogP contribution in [0.25, 0.3) is 0 Å². The van der Waals surface area contributed by atoms with Crippen molar-refractivity contribution < 1.29 is 19.4 Å². The van der Waals surface area contributed by atoms with Crippen LogP contribution in [0.4, 0.5) is 0 Å². The first kappa shape index (κ1) is 17.3. The molecule has 4 heteroatoms. The number of hydrogen-bond acceptors (Lipinski definition) is 4. The highest BCUT2D eigenvalue weighted by atomic mass is 16.5. The van der Waals surface area contributed by atoms with Crippen LogP contribution >= 0.6 is 0 Å². The molecule has 0 aromatic rings. The first-order valence-electron chi connectivity index (χ1n) is 9.84. The van der Waals surface area contributed by atoms with Gasteiger partial charge in [-0.15, -0.1) is 0 Å². The number of aliphatic hydroxyl groups is 1. The van der Waals surface area contributed by atoms with Gasteiger partial charge in [-0.25, -0.2) is 0 Å². The Balaban J connectivity index is 1.77. The van der Waals surface area contributed by atoms with Gasteiger partial charge < -0.3 is 9.84 Å². The number of ketones is 1. The molecule has 1 N–H and O–H groups in total. The SMILES string of the molecule is CC(=O)O[C@H]1C[C@]2(C)C(=O)CCC2C2CC=C3C[C@@H](O)CC[C@]3(C)C21. The molecule has 138 valence electrons. The van der Waals surface area contributed by atoms with Gasteiger partial charge in [-0.3, -0.25) is 9.59 Å². The van der Waals surface area contributed by atoms with E-state index in [9.17, 15) is 14.7 Å². The molecule has 4 rings (SSSR count). The maximum absolute atomic E-state index is 12.7. The lowest BCUT2D eigenvalue weighted by Gasteiger charge is -2.58. The van der Waals surface area contributed by atoms with Crippen LogP contribution in [-0.4, -0.2) is 29.1 Å². The zero-order valence-corrected chi connectivity index (χ0v) is 15.6. The van der Waals surface area contributed by atoms with Gasteiger partial charge in [0.05, 0.1) is 6.10 Å². The zero-order chi connectivity index (χ0) is 18.0. The van der Waals surface area contributed by atoms with Gasteiger partial charge in [0.25, 0.3) is 0 Å². The minimum Gasteiger partial charge on any atom is -0.462 e. The summed E-state index contributed by atoms with van der Waals surface area (Å²) >= 11 is 0. The first-order chi connectivity index (χ1) is 11.8. The normalized spacial score (nSPS) is 48.9. The van der Waals surface area contributed by atoms with Gasteiger partial charge >= 0.3 is 5.97 Å². The Morgan fingerprint density at radius 1 is 1.28 bits per heavy atom. The van der Waals surface area contributed by atoms with E-state index in [1.54, 1.807) is 0 Å². The summed E-state index contributed by atoms with van der Waals surface area (Å²) in [6.07, 6.45) is 7.67. The molecular formula is C21H30O4. The maximum atomic E-state index is 12.7. The lowest BCUT2D eigenvalue weighted by Crippen LogP contribution is -2.57. The van der Waals surface area contributed by atoms with Crippen LogP contribution < -0.4 is 0 Å². The summed E-state index contributed by atoms with van der Waals surface area (Å²) in [6.45, 7) is 5.88. The lowest BCUT2D eigenvalue weighted by atomic mass is 9.47. The lowest BCUT2D eigenvalue weighted by molar-refractivity contribution is -0.173. The van der Waals surface area contributed by atoms with Crippen LogP contribution in [0, 0.1) is 28.6 Å². The smallest absolute Gasteiger partial charge is 0.302 e. The minimum absolute atomic E-state index is 0.0186. The molecular weight excluding hydrogens is 316 g/mol. The fourth-order valence-electron chi connectivity index (χ4n) is 6.83. The number of hydrogen-bond donors (Lipinski definition) is 1. The molecule has 0 saturated heterocycles. The number of esters is 1. The predicted octanol–water partition coefficient (Wildman–Crippen LogP) is 3.42. The van der Waals surface area contributed by atoms with E-state index in [4.69, 9.17) is 4.74 Å². The average Bonchev–Trinajstić information content (AvgIpc) is 2.82. The summed E-state index contributed by atoms with van der Waals surface area (Å²) in [5, 5.41) is 10.1. The van der Waals surface area contributed by atoms with E-state index in [2.05, 4.69) is 19.9 Å². The molecule has 0 heterocycles. The van der Waals surface area contributed by atoms with Crippen molar-refractivity contribution in [1.82, 2.24) is 0 Å². The minimum atomic E-state index is -0.336. The highest BCUT2D eigenvalue weighted by Crippen LogP contribution is 2.64. The second-order valence-electron chi connectivity index (χ2n) is 9.31. The zero-order valence-electron chi connectivity index (χ0n) is 15.6. The number of fused-ring (bicyclic) bond motifs is 5. The molecule has 4 aliphatic carbocycles. The van der Waals surface area contributed by atoms with Crippen molar-refractivity contribution in [3.05, 3.63) is 11.6 Å². The van der Waals surface area contributed by atoms with Gasteiger partial charge in [-0.1, -0.05) is 25.5 Å². The van der Waals surface area contributed by atoms with Crippen molar-refractivity contribution in [1.29, 1.82) is 0 Å². The molecule has 0 aromatic heterocycles. The standard InChI is InChI=1S/C21H30O4/c1-12(22)25-17-11-21(3)16(6-7-18(21)24)15-5-4-13-10-14(23)8-9-20(13,2)19(15)17/h4,14-17,19,23H,5-11H2,1-3H3/t14-,15?,16?,17-,19?,20-,21-/m0/s1. The van der Waals surface area contributed by atoms with Crippen LogP contribution in [0.15, 0.2) is 11.6 Å². The summed E-state index contributed by atoms with van der Waals surface area (Å²) < 4.78 is 5.84. The molecule has 0 bridgehead atoms. The fourth-order valence-corrected chi connectivity index (χ4v) is 6.83. The summed E-state index contributed by atoms with van der Waals surface area (Å²) in [4.78, 5) is 24.5. The molecule has 0 aromatic carbocycles. The number of aliphatic hydroxyl groups excluding tert-OH is 1. The molecule has 4 aliphatic rings. The molecule has 0 aliphatic heterocycles. The van der Waals surface area contributed by atoms with E-state index in [1.165, 1.54) is 12.5 Å². The van der Waals surface area contributed by atoms with Gasteiger partial charge in [0.15, 0.2) is 0 Å². The second-order valence-corrected chi connectivity index (χ2v) is 9.31. The van der Waals surface area contributed by atoms with E-state index in [0.29, 0.717) is 30.5 Å². The van der Waals surface area contributed by atoms with Gasteiger partial charge in [0, 0.05) is 24.7 Å². The van der Waals surface area contributed by atoms with Crippen LogP contribution in [0.2, 0.25) is 0 Å². The van der Waals surface area contributed by atoms with Crippen molar-refractivity contribution >= 4 is 11.8 Å². The number of carbonyl (C=O) groups is 2. The topological polar surface area (TPSA) is 63.6 Å². The van der Waals surface area contributed by atoms with Crippen molar-refractivity contribution in [3.8, 4) is 0 Å². The second kappa shape index (κ2) is 5.67. The third-order valence-corrected chi connectivity index (χ3v) is 8.02.